The lowest BCUT2D eigenvalue weighted by atomic mass is 9.85. The molecule has 4 aliphatic rings. The van der Waals surface area contributed by atoms with Gasteiger partial charge in [0, 0.05) is 6.04 Å². The highest BCUT2D eigenvalue weighted by atomic mass is 16.7. The van der Waals surface area contributed by atoms with Crippen LogP contribution in [0.2, 0.25) is 0 Å². The largest absolute Gasteiger partial charge is 0.432 e. The number of carbonyl (C=O) groups is 3. The standard InChI is InChI=1S/C16H20N2O4/c19-14-12-9-6-7-10(8-9)13(12)15(20)18(14)22-16(21)17-11-4-2-1-3-5-11/h6-7,9-13H,1-5,8H2,(H,17,21). The van der Waals surface area contributed by atoms with Crippen molar-refractivity contribution >= 4 is 17.9 Å². The Balaban J connectivity index is 1.40. The highest BCUT2D eigenvalue weighted by Crippen LogP contribution is 2.52. The van der Waals surface area contributed by atoms with E-state index in [1.807, 2.05) is 12.2 Å². The Kier molecular flexibility index (Phi) is 3.20. The lowest BCUT2D eigenvalue weighted by molar-refractivity contribution is -0.174. The summed E-state index contributed by atoms with van der Waals surface area (Å²) in [5.41, 5.74) is 0. The van der Waals surface area contributed by atoms with Crippen molar-refractivity contribution in [1.29, 1.82) is 0 Å². The second-order valence-corrected chi connectivity index (χ2v) is 6.83. The van der Waals surface area contributed by atoms with Crippen molar-refractivity contribution in [3.63, 3.8) is 0 Å². The number of imide groups is 1. The molecule has 3 aliphatic carbocycles. The van der Waals surface area contributed by atoms with Crippen LogP contribution in [0.3, 0.4) is 0 Å². The Morgan fingerprint density at radius 1 is 1.05 bits per heavy atom. The molecular weight excluding hydrogens is 284 g/mol. The quantitative estimate of drug-likeness (QED) is 0.623. The summed E-state index contributed by atoms with van der Waals surface area (Å²) in [5.74, 6) is -1.12. The van der Waals surface area contributed by atoms with Gasteiger partial charge in [-0.15, -0.1) is 5.06 Å². The molecule has 0 spiro atoms. The van der Waals surface area contributed by atoms with Gasteiger partial charge in [-0.1, -0.05) is 31.4 Å². The number of nitrogens with zero attached hydrogens (tertiary/aromatic N) is 1. The van der Waals surface area contributed by atoms with Gasteiger partial charge in [-0.05, 0) is 31.1 Å². The maximum atomic E-state index is 12.4. The number of allylic oxidation sites excluding steroid dienone is 2. The van der Waals surface area contributed by atoms with Gasteiger partial charge in [0.05, 0.1) is 11.8 Å². The molecule has 4 rings (SSSR count). The van der Waals surface area contributed by atoms with Gasteiger partial charge in [0.25, 0.3) is 11.8 Å². The predicted molar refractivity (Wildman–Crippen MR) is 76.1 cm³/mol. The van der Waals surface area contributed by atoms with E-state index in [-0.39, 0.29) is 41.5 Å². The zero-order valence-electron chi connectivity index (χ0n) is 12.4. The molecule has 0 radical (unpaired) electrons. The first kappa shape index (κ1) is 13.8. The van der Waals surface area contributed by atoms with Crippen LogP contribution in [-0.2, 0) is 14.4 Å². The van der Waals surface area contributed by atoms with E-state index < -0.39 is 6.09 Å². The molecule has 1 heterocycles. The molecule has 3 amide bonds. The minimum absolute atomic E-state index is 0.0893. The third kappa shape index (κ3) is 2.04. The Morgan fingerprint density at radius 2 is 1.64 bits per heavy atom. The van der Waals surface area contributed by atoms with Crippen LogP contribution in [0.1, 0.15) is 38.5 Å². The molecule has 1 aliphatic heterocycles. The van der Waals surface area contributed by atoms with E-state index in [0.29, 0.717) is 5.06 Å². The van der Waals surface area contributed by atoms with Crippen LogP contribution in [0.4, 0.5) is 4.79 Å². The number of amides is 3. The number of hydrogen-bond acceptors (Lipinski definition) is 4. The van der Waals surface area contributed by atoms with Crippen LogP contribution in [0.5, 0.6) is 0 Å². The van der Waals surface area contributed by atoms with Crippen molar-refractivity contribution in [2.45, 2.75) is 44.6 Å². The summed E-state index contributed by atoms with van der Waals surface area (Å²) in [6, 6.07) is 0.0893. The van der Waals surface area contributed by atoms with Crippen molar-refractivity contribution < 1.29 is 19.2 Å². The minimum atomic E-state index is -0.686. The maximum Gasteiger partial charge on any atom is 0.432 e. The number of hydrogen-bond donors (Lipinski definition) is 1. The maximum absolute atomic E-state index is 12.4. The van der Waals surface area contributed by atoms with Gasteiger partial charge in [-0.2, -0.15) is 0 Å². The van der Waals surface area contributed by atoms with Crippen molar-refractivity contribution in [2.75, 3.05) is 0 Å². The molecule has 0 aromatic rings. The van der Waals surface area contributed by atoms with Gasteiger partial charge < -0.3 is 10.2 Å². The van der Waals surface area contributed by atoms with Gasteiger partial charge in [0.2, 0.25) is 0 Å². The molecule has 6 nitrogen and oxygen atoms in total. The number of fused-ring (bicyclic) bond motifs is 5. The molecule has 0 aromatic carbocycles. The molecule has 2 saturated carbocycles. The molecule has 4 atom stereocenters. The number of nitrogens with one attached hydrogen (secondary N) is 1. The first-order valence-electron chi connectivity index (χ1n) is 8.20. The second kappa shape index (κ2) is 5.11. The first-order chi connectivity index (χ1) is 10.6. The van der Waals surface area contributed by atoms with E-state index in [4.69, 9.17) is 4.84 Å². The summed E-state index contributed by atoms with van der Waals surface area (Å²) in [6.45, 7) is 0. The molecule has 0 aromatic heterocycles. The predicted octanol–water partition coefficient (Wildman–Crippen LogP) is 1.77. The molecule has 6 heteroatoms. The lowest BCUT2D eigenvalue weighted by Crippen LogP contribution is -2.43. The highest BCUT2D eigenvalue weighted by Gasteiger charge is 2.60. The average molecular weight is 304 g/mol. The van der Waals surface area contributed by atoms with Crippen LogP contribution in [0.15, 0.2) is 12.2 Å². The van der Waals surface area contributed by atoms with Gasteiger partial charge in [0.15, 0.2) is 0 Å². The van der Waals surface area contributed by atoms with E-state index in [0.717, 1.165) is 32.1 Å². The fourth-order valence-electron chi connectivity index (χ4n) is 4.49. The van der Waals surface area contributed by atoms with E-state index in [2.05, 4.69) is 5.32 Å². The van der Waals surface area contributed by atoms with E-state index in [1.165, 1.54) is 6.42 Å². The van der Waals surface area contributed by atoms with Crippen molar-refractivity contribution in [1.82, 2.24) is 10.4 Å². The van der Waals surface area contributed by atoms with Crippen LogP contribution in [0, 0.1) is 23.7 Å². The topological polar surface area (TPSA) is 75.7 Å². The Hall–Kier alpha value is -1.85. The third-order valence-corrected chi connectivity index (χ3v) is 5.53. The van der Waals surface area contributed by atoms with E-state index >= 15 is 0 Å². The summed E-state index contributed by atoms with van der Waals surface area (Å²) < 4.78 is 0. The summed E-state index contributed by atoms with van der Waals surface area (Å²) in [4.78, 5) is 41.8. The van der Waals surface area contributed by atoms with E-state index in [1.54, 1.807) is 0 Å². The molecule has 2 bridgehead atoms. The second-order valence-electron chi connectivity index (χ2n) is 6.83. The minimum Gasteiger partial charge on any atom is -0.317 e. The highest BCUT2D eigenvalue weighted by molar-refractivity contribution is 6.06. The molecular formula is C16H20N2O4. The molecule has 118 valence electrons. The summed E-state index contributed by atoms with van der Waals surface area (Å²) in [5, 5.41) is 3.48. The Bertz CT molecular complexity index is 522. The summed E-state index contributed by atoms with van der Waals surface area (Å²) >= 11 is 0. The molecule has 22 heavy (non-hydrogen) atoms. The van der Waals surface area contributed by atoms with E-state index in [9.17, 15) is 14.4 Å². The van der Waals surface area contributed by atoms with Gasteiger partial charge >= 0.3 is 6.09 Å². The van der Waals surface area contributed by atoms with Crippen LogP contribution < -0.4 is 5.32 Å². The zero-order chi connectivity index (χ0) is 15.3. The fraction of sp³-hybridized carbons (Fsp3) is 0.688. The Labute approximate surface area is 128 Å². The normalized spacial score (nSPS) is 36.8. The Morgan fingerprint density at radius 3 is 2.23 bits per heavy atom. The monoisotopic (exact) mass is 304 g/mol. The van der Waals surface area contributed by atoms with Gasteiger partial charge in [-0.25, -0.2) is 4.79 Å². The van der Waals surface area contributed by atoms with Crippen molar-refractivity contribution in [3.05, 3.63) is 12.2 Å². The SMILES string of the molecule is O=C(NC1CCCCC1)ON1C(=O)C2C3C=CC(C3)C2C1=O. The van der Waals surface area contributed by atoms with Crippen molar-refractivity contribution in [3.8, 4) is 0 Å². The summed E-state index contributed by atoms with van der Waals surface area (Å²) in [7, 11) is 0. The number of hydroxylamine groups is 2. The molecule has 1 N–H and O–H groups in total. The third-order valence-electron chi connectivity index (χ3n) is 5.53. The fourth-order valence-corrected chi connectivity index (χ4v) is 4.49. The van der Waals surface area contributed by atoms with Gasteiger partial charge in [-0.3, -0.25) is 9.59 Å². The molecule has 3 fully saturated rings. The summed E-state index contributed by atoms with van der Waals surface area (Å²) in [6.07, 6.45) is 9.44. The molecule has 1 saturated heterocycles. The van der Waals surface area contributed by atoms with Gasteiger partial charge in [0.1, 0.15) is 0 Å². The molecule has 4 unspecified atom stereocenters. The number of carbonyl (C=O) groups excluding carboxylic acids is 3. The van der Waals surface area contributed by atoms with Crippen LogP contribution in [-0.4, -0.2) is 29.0 Å². The van der Waals surface area contributed by atoms with Crippen LogP contribution >= 0.6 is 0 Å². The number of rotatable bonds is 2. The van der Waals surface area contributed by atoms with Crippen LogP contribution in [0.25, 0.3) is 0 Å². The zero-order valence-corrected chi connectivity index (χ0v) is 12.4. The first-order valence-corrected chi connectivity index (χ1v) is 8.20. The smallest absolute Gasteiger partial charge is 0.317 e. The average Bonchev–Trinajstić information content (AvgIpc) is 3.18. The van der Waals surface area contributed by atoms with Crippen molar-refractivity contribution in [2.24, 2.45) is 23.7 Å². The lowest BCUT2D eigenvalue weighted by Gasteiger charge is -2.23.